The van der Waals surface area contributed by atoms with Gasteiger partial charge in [0.05, 0.1) is 23.3 Å². The van der Waals surface area contributed by atoms with Crippen LogP contribution in [0.5, 0.6) is 11.5 Å². The molecule has 2 aliphatic rings. The number of carbonyl (C=O) groups excluding carboxylic acids is 3. The van der Waals surface area contributed by atoms with Gasteiger partial charge in [0.25, 0.3) is 0 Å². The van der Waals surface area contributed by atoms with Crippen LogP contribution in [0, 0.1) is 9.49 Å². The lowest BCUT2D eigenvalue weighted by atomic mass is 9.87. The molecule has 0 aromatic heterocycles. The maximum absolute atomic E-state index is 13.7. The van der Waals surface area contributed by atoms with Gasteiger partial charge in [0, 0.05) is 37.1 Å². The Kier molecular flexibility index (Phi) is 13.9. The normalized spacial score (nSPS) is 20.8. The molecule has 1 fully saturated rings. The first-order chi connectivity index (χ1) is 19.8. The summed E-state index contributed by atoms with van der Waals surface area (Å²) in [5, 5.41) is 23.6. The number of hydrogen-bond donors (Lipinski definition) is 3. The van der Waals surface area contributed by atoms with E-state index in [1.165, 1.54) is 20.0 Å². The molecule has 41 heavy (non-hydrogen) atoms. The smallest absolute Gasteiger partial charge is 0.247 e. The topological polar surface area (TPSA) is 125 Å². The molecule has 3 atom stereocenters. The highest BCUT2D eigenvalue weighted by Gasteiger charge is 2.40. The molecule has 0 saturated heterocycles. The number of hydrogen-bond acceptors (Lipinski definition) is 7. The van der Waals surface area contributed by atoms with Gasteiger partial charge in [-0.3, -0.25) is 14.4 Å². The first-order valence-corrected chi connectivity index (χ1v) is 16.0. The monoisotopic (exact) mass is 684 g/mol. The minimum Gasteiger partial charge on any atom is -0.493 e. The number of carbonyl (C=O) groups is 3. The lowest BCUT2D eigenvalue weighted by Gasteiger charge is -2.41. The number of ether oxygens (including phenoxy) is 2. The van der Waals surface area contributed by atoms with Crippen LogP contribution >= 0.6 is 22.6 Å². The zero-order valence-electron chi connectivity index (χ0n) is 24.3. The first-order valence-electron chi connectivity index (χ1n) is 14.9. The predicted molar refractivity (Wildman–Crippen MR) is 165 cm³/mol. The van der Waals surface area contributed by atoms with Crippen LogP contribution < -0.4 is 14.8 Å². The Bertz CT molecular complexity index is 1060. The number of unbranched alkanes of at least 4 members (excludes halogenated alkanes) is 3. The van der Waals surface area contributed by atoms with E-state index in [4.69, 9.17) is 9.47 Å². The van der Waals surface area contributed by atoms with Crippen molar-refractivity contribution in [3.8, 4) is 11.5 Å². The van der Waals surface area contributed by atoms with Crippen molar-refractivity contribution in [2.75, 3.05) is 26.8 Å². The van der Waals surface area contributed by atoms with Crippen molar-refractivity contribution < 1.29 is 34.1 Å². The second-order valence-corrected chi connectivity index (χ2v) is 12.2. The maximum atomic E-state index is 13.7. The Morgan fingerprint density at radius 1 is 1.20 bits per heavy atom. The molecule has 10 heteroatoms. The largest absolute Gasteiger partial charge is 0.493 e. The average Bonchev–Trinajstić information content (AvgIpc) is 3.50. The molecule has 3 unspecified atom stereocenters. The van der Waals surface area contributed by atoms with Crippen LogP contribution in [0.2, 0.25) is 0 Å². The van der Waals surface area contributed by atoms with Crippen LogP contribution in [0.15, 0.2) is 23.8 Å². The molecule has 0 heterocycles. The van der Waals surface area contributed by atoms with Crippen LogP contribution in [0.4, 0.5) is 0 Å². The van der Waals surface area contributed by atoms with E-state index < -0.39 is 18.2 Å². The van der Waals surface area contributed by atoms with Crippen molar-refractivity contribution in [2.45, 2.75) is 95.8 Å². The van der Waals surface area contributed by atoms with E-state index >= 15 is 0 Å². The van der Waals surface area contributed by atoms with Crippen molar-refractivity contribution in [3.63, 3.8) is 0 Å². The number of benzene rings is 1. The summed E-state index contributed by atoms with van der Waals surface area (Å²) in [5.41, 5.74) is 0.811. The summed E-state index contributed by atoms with van der Waals surface area (Å²) in [6.45, 7) is 2.52. The van der Waals surface area contributed by atoms with Gasteiger partial charge in [-0.1, -0.05) is 51.9 Å². The Balaban J connectivity index is 1.92. The number of amides is 2. The number of methoxy groups -OCH3 is 1. The summed E-state index contributed by atoms with van der Waals surface area (Å²) in [6, 6.07) is 2.56. The number of rotatable bonds is 16. The van der Waals surface area contributed by atoms with E-state index in [1.54, 1.807) is 23.1 Å². The molecule has 0 aliphatic heterocycles. The molecule has 0 bridgehead atoms. The molecule has 9 nitrogen and oxygen atoms in total. The number of aliphatic hydroxyl groups excluding tert-OH is 2. The van der Waals surface area contributed by atoms with E-state index in [0.717, 1.165) is 51.2 Å². The fourth-order valence-electron chi connectivity index (χ4n) is 5.79. The molecule has 3 N–H and O–H groups in total. The highest BCUT2D eigenvalue weighted by atomic mass is 127. The van der Waals surface area contributed by atoms with Crippen molar-refractivity contribution in [1.82, 2.24) is 10.2 Å². The maximum Gasteiger partial charge on any atom is 0.247 e. The Morgan fingerprint density at radius 3 is 2.61 bits per heavy atom. The summed E-state index contributed by atoms with van der Waals surface area (Å²) in [6.07, 6.45) is 10.4. The predicted octanol–water partition coefficient (Wildman–Crippen LogP) is 4.41. The molecule has 0 spiro atoms. The molecule has 228 valence electrons. The molecular formula is C31H45IN2O7. The standard InChI is InChI=1S/C31H45IN2O7/c1-3-4-5-8-14-34(28(37)12-11-21-9-6-7-10-21)25-18-23(31(39)33-13-15-35)19-26(29(25)38)41-30-24(32)16-22(20-36)17-27(30)40-2/h16-17,19-21,25-26,29,35,38H,3-15,18H2,1-2H3,(H,33,39). The zero-order chi connectivity index (χ0) is 29.8. The molecule has 2 amide bonds. The van der Waals surface area contributed by atoms with E-state index in [1.807, 2.05) is 22.6 Å². The van der Waals surface area contributed by atoms with Gasteiger partial charge in [0.1, 0.15) is 18.5 Å². The van der Waals surface area contributed by atoms with Crippen LogP contribution in [0.3, 0.4) is 0 Å². The fourth-order valence-corrected chi connectivity index (χ4v) is 6.55. The Morgan fingerprint density at radius 2 is 1.95 bits per heavy atom. The van der Waals surface area contributed by atoms with Gasteiger partial charge < -0.3 is 29.9 Å². The van der Waals surface area contributed by atoms with Gasteiger partial charge in [-0.2, -0.15) is 0 Å². The highest BCUT2D eigenvalue weighted by molar-refractivity contribution is 14.1. The summed E-state index contributed by atoms with van der Waals surface area (Å²) in [4.78, 5) is 39.9. The highest BCUT2D eigenvalue weighted by Crippen LogP contribution is 2.37. The number of nitrogens with one attached hydrogen (secondary N) is 1. The van der Waals surface area contributed by atoms with Crippen molar-refractivity contribution in [1.29, 1.82) is 0 Å². The van der Waals surface area contributed by atoms with E-state index in [-0.39, 0.29) is 31.4 Å². The SMILES string of the molecule is CCCCCCN(C(=O)CCC1CCCC1)C1CC(C(=O)NCCO)=CC(Oc2c(I)cc(C=O)cc2OC)C1O. The van der Waals surface area contributed by atoms with E-state index in [2.05, 4.69) is 12.2 Å². The molecule has 1 aromatic carbocycles. The lowest BCUT2D eigenvalue weighted by Crippen LogP contribution is -2.55. The van der Waals surface area contributed by atoms with Crippen molar-refractivity contribution >= 4 is 40.7 Å². The first kappa shape index (κ1) is 33.3. The molecule has 1 aromatic rings. The average molecular weight is 685 g/mol. The van der Waals surface area contributed by atoms with Gasteiger partial charge in [-0.05, 0) is 59.6 Å². The van der Waals surface area contributed by atoms with Gasteiger partial charge >= 0.3 is 0 Å². The van der Waals surface area contributed by atoms with E-state index in [0.29, 0.717) is 45.1 Å². The van der Waals surface area contributed by atoms with Gasteiger partial charge in [-0.15, -0.1) is 0 Å². The van der Waals surface area contributed by atoms with Gasteiger partial charge in [-0.25, -0.2) is 0 Å². The zero-order valence-corrected chi connectivity index (χ0v) is 26.4. The molecule has 1 saturated carbocycles. The van der Waals surface area contributed by atoms with Gasteiger partial charge in [0.2, 0.25) is 11.8 Å². The van der Waals surface area contributed by atoms with Crippen LogP contribution in [0.25, 0.3) is 0 Å². The third kappa shape index (κ3) is 9.41. The number of nitrogens with zero attached hydrogens (tertiary/aromatic N) is 1. The van der Waals surface area contributed by atoms with Crippen LogP contribution in [-0.4, -0.2) is 78.3 Å². The van der Waals surface area contributed by atoms with Gasteiger partial charge in [0.15, 0.2) is 11.5 Å². The van der Waals surface area contributed by atoms with Crippen LogP contribution in [-0.2, 0) is 9.59 Å². The second kappa shape index (κ2) is 17.1. The quantitative estimate of drug-likeness (QED) is 0.134. The second-order valence-electron chi connectivity index (χ2n) is 11.0. The Labute approximate surface area is 257 Å². The minimum atomic E-state index is -1.10. The number of aldehydes is 1. The van der Waals surface area contributed by atoms with Crippen molar-refractivity contribution in [2.24, 2.45) is 5.92 Å². The lowest BCUT2D eigenvalue weighted by molar-refractivity contribution is -0.139. The molecular weight excluding hydrogens is 639 g/mol. The molecule has 2 aliphatic carbocycles. The summed E-state index contributed by atoms with van der Waals surface area (Å²) >= 11 is 2.05. The van der Waals surface area contributed by atoms with Crippen molar-refractivity contribution in [3.05, 3.63) is 32.9 Å². The minimum absolute atomic E-state index is 0.00397. The number of halogens is 1. The summed E-state index contributed by atoms with van der Waals surface area (Å²) in [7, 11) is 1.47. The fraction of sp³-hybridized carbons (Fsp3) is 0.645. The van der Waals surface area contributed by atoms with Crippen LogP contribution in [0.1, 0.15) is 87.9 Å². The number of aliphatic hydroxyl groups is 2. The third-order valence-corrected chi connectivity index (χ3v) is 8.87. The van der Waals surface area contributed by atoms with E-state index in [9.17, 15) is 24.6 Å². The Hall–Kier alpha value is -2.18. The molecule has 3 rings (SSSR count). The summed E-state index contributed by atoms with van der Waals surface area (Å²) < 4.78 is 12.4. The summed E-state index contributed by atoms with van der Waals surface area (Å²) in [5.74, 6) is 0.869. The molecule has 0 radical (unpaired) electrons. The third-order valence-electron chi connectivity index (χ3n) is 8.07.